The maximum atomic E-state index is 14.2. The number of rotatable bonds is 11. The number of nitrogens with one attached hydrogen (secondary N) is 1. The normalized spacial score (nSPS) is 10.2. The first-order valence-corrected chi connectivity index (χ1v) is 17.2. The molecule has 0 spiro atoms. The number of benzene rings is 4. The van der Waals surface area contributed by atoms with Gasteiger partial charge in [-0.15, -0.1) is 0 Å². The van der Waals surface area contributed by atoms with E-state index in [2.05, 4.69) is 24.8 Å². The Kier molecular flexibility index (Phi) is 16.4. The van der Waals surface area contributed by atoms with Crippen molar-refractivity contribution >= 4 is 23.8 Å². The maximum Gasteiger partial charge on any atom is 0.341 e. The Hall–Kier alpha value is -7.80. The first kappa shape index (κ1) is 45.9. The Morgan fingerprint density at radius 3 is 1.43 bits per heavy atom. The van der Waals surface area contributed by atoms with Gasteiger partial charge in [-0.2, -0.15) is 0 Å². The third kappa shape index (κ3) is 13.4. The minimum absolute atomic E-state index is 0.0226. The quantitative estimate of drug-likeness (QED) is 0.0845. The van der Waals surface area contributed by atoms with Crippen LogP contribution in [-0.4, -0.2) is 53.1 Å². The molecule has 0 unspecified atom stereocenters. The Bertz CT molecular complexity index is 2510. The lowest BCUT2D eigenvalue weighted by molar-refractivity contribution is 0.0591. The summed E-state index contributed by atoms with van der Waals surface area (Å²) in [5.41, 5.74) is 5.31. The largest absolute Gasteiger partial charge is 0.477 e. The molecular weight excluding hydrogens is 818 g/mol. The summed E-state index contributed by atoms with van der Waals surface area (Å²) in [6, 6.07) is 19.3. The number of nitrogens with two attached hydrogens (primary N) is 1. The fraction of sp³-hybridized carbons (Fsp3) is 0.0952. The van der Waals surface area contributed by atoms with Crippen molar-refractivity contribution in [1.82, 2.24) is 15.3 Å². The van der Waals surface area contributed by atoms with E-state index in [0.717, 1.165) is 60.9 Å². The van der Waals surface area contributed by atoms with Crippen LogP contribution in [0.25, 0.3) is 0 Å². The number of amides is 1. The molecule has 0 saturated heterocycles. The second kappa shape index (κ2) is 21.8. The number of carboxylic acids is 1. The van der Waals surface area contributed by atoms with Crippen molar-refractivity contribution in [2.24, 2.45) is 5.73 Å². The molecule has 61 heavy (non-hydrogen) atoms. The predicted molar refractivity (Wildman–Crippen MR) is 203 cm³/mol. The lowest BCUT2D eigenvalue weighted by Gasteiger charge is -2.11. The summed E-state index contributed by atoms with van der Waals surface area (Å²) < 4.78 is 99.0. The molecular formula is C42H32F6N4O9. The number of esters is 2. The van der Waals surface area contributed by atoms with Crippen molar-refractivity contribution in [1.29, 1.82) is 0 Å². The molecule has 6 rings (SSSR count). The highest BCUT2D eigenvalue weighted by Crippen LogP contribution is 2.25. The summed E-state index contributed by atoms with van der Waals surface area (Å²) in [7, 11) is 2.42. The third-order valence-electron chi connectivity index (χ3n) is 7.77. The van der Waals surface area contributed by atoms with Crippen molar-refractivity contribution in [3.8, 4) is 23.3 Å². The molecule has 13 nitrogen and oxygen atoms in total. The van der Waals surface area contributed by atoms with E-state index < -0.39 is 64.3 Å². The summed E-state index contributed by atoms with van der Waals surface area (Å²) >= 11 is 0. The molecule has 2 heterocycles. The number of hydrogen-bond donors (Lipinski definition) is 3. The van der Waals surface area contributed by atoms with Gasteiger partial charge in [-0.25, -0.2) is 50.7 Å². The number of carboxylic acid groups (broad SMARTS) is 1. The van der Waals surface area contributed by atoms with Gasteiger partial charge >= 0.3 is 17.9 Å². The Morgan fingerprint density at radius 1 is 0.590 bits per heavy atom. The minimum atomic E-state index is -1.36. The summed E-state index contributed by atoms with van der Waals surface area (Å²) in [6.45, 7) is -0.119. The fourth-order valence-electron chi connectivity index (χ4n) is 4.72. The fourth-order valence-corrected chi connectivity index (χ4v) is 4.72. The van der Waals surface area contributed by atoms with Gasteiger partial charge in [0.25, 0.3) is 5.91 Å². The topological polar surface area (TPSA) is 189 Å². The number of carbonyl (C=O) groups excluding carboxylic acids is 3. The molecule has 316 valence electrons. The number of pyridine rings is 2. The van der Waals surface area contributed by atoms with Crippen molar-refractivity contribution < 1.29 is 69.6 Å². The number of halogens is 6. The zero-order chi connectivity index (χ0) is 44.6. The van der Waals surface area contributed by atoms with E-state index >= 15 is 0 Å². The predicted octanol–water partition coefficient (Wildman–Crippen LogP) is 7.93. The molecule has 0 bridgehead atoms. The first-order valence-electron chi connectivity index (χ1n) is 17.2. The van der Waals surface area contributed by atoms with E-state index in [1.807, 2.05) is 0 Å². The van der Waals surface area contributed by atoms with Crippen LogP contribution in [0.3, 0.4) is 0 Å². The van der Waals surface area contributed by atoms with Gasteiger partial charge in [0.2, 0.25) is 11.8 Å². The van der Waals surface area contributed by atoms with Crippen molar-refractivity contribution in [3.05, 3.63) is 178 Å². The molecule has 19 heteroatoms. The molecule has 4 aromatic carbocycles. The highest BCUT2D eigenvalue weighted by Gasteiger charge is 2.18. The molecule has 0 aliphatic carbocycles. The number of methoxy groups -OCH3 is 2. The second-order valence-corrected chi connectivity index (χ2v) is 11.9. The number of aromatic nitrogens is 2. The van der Waals surface area contributed by atoms with Crippen molar-refractivity contribution in [3.63, 3.8) is 0 Å². The van der Waals surface area contributed by atoms with E-state index in [1.54, 1.807) is 0 Å². The van der Waals surface area contributed by atoms with E-state index in [-0.39, 0.29) is 58.6 Å². The van der Waals surface area contributed by atoms with E-state index in [4.69, 9.17) is 20.3 Å². The first-order chi connectivity index (χ1) is 29.1. The monoisotopic (exact) mass is 850 g/mol. The van der Waals surface area contributed by atoms with Gasteiger partial charge in [-0.1, -0.05) is 12.1 Å². The number of aromatic carboxylic acids is 1. The number of ether oxygens (including phenoxy) is 4. The number of nitrogens with zero attached hydrogens (tertiary/aromatic N) is 2. The minimum Gasteiger partial charge on any atom is -0.477 e. The molecule has 0 radical (unpaired) electrons. The van der Waals surface area contributed by atoms with E-state index in [9.17, 15) is 45.5 Å². The van der Waals surface area contributed by atoms with E-state index in [0.29, 0.717) is 5.56 Å². The smallest absolute Gasteiger partial charge is 0.341 e. The van der Waals surface area contributed by atoms with Crippen molar-refractivity contribution in [2.75, 3.05) is 14.2 Å². The van der Waals surface area contributed by atoms with Crippen LogP contribution < -0.4 is 20.5 Å². The molecule has 4 N–H and O–H groups in total. The molecule has 2 aromatic heterocycles. The zero-order valence-corrected chi connectivity index (χ0v) is 31.8. The summed E-state index contributed by atoms with van der Waals surface area (Å²) in [4.78, 5) is 53.1. The second-order valence-electron chi connectivity index (χ2n) is 11.9. The SMILES string of the molecule is COC(=O)c1ccc(CN)c(F)c1.COC(=O)c1ccc(CNC(=O)c2cc(F)cnc2Oc2ccc(F)cc2)c(F)c1.O=C(O)c1cc(F)cnc1Oc1ccc(F)cc1. The molecule has 0 atom stereocenters. The molecule has 0 saturated carbocycles. The summed E-state index contributed by atoms with van der Waals surface area (Å²) in [5, 5.41) is 11.3. The molecule has 1 amide bonds. The van der Waals surface area contributed by atoms with Crippen LogP contribution >= 0.6 is 0 Å². The third-order valence-corrected chi connectivity index (χ3v) is 7.77. The van der Waals surface area contributed by atoms with Gasteiger partial charge in [-0.3, -0.25) is 4.79 Å². The van der Waals surface area contributed by atoms with Crippen LogP contribution in [0.4, 0.5) is 26.3 Å². The Balaban J connectivity index is 0.000000223. The molecule has 0 aliphatic rings. The van der Waals surface area contributed by atoms with Crippen LogP contribution in [0, 0.1) is 34.9 Å². The Morgan fingerprint density at radius 2 is 1.02 bits per heavy atom. The number of carbonyl (C=O) groups is 4. The summed E-state index contributed by atoms with van der Waals surface area (Å²) in [5.74, 6) is -7.14. The van der Waals surface area contributed by atoms with Gasteiger partial charge in [-0.05, 0) is 84.9 Å². The van der Waals surface area contributed by atoms with Crippen LogP contribution in [0.15, 0.2) is 109 Å². The average Bonchev–Trinajstić information content (AvgIpc) is 3.25. The van der Waals surface area contributed by atoms with Gasteiger partial charge in [0.15, 0.2) is 0 Å². The van der Waals surface area contributed by atoms with Gasteiger partial charge < -0.3 is 35.1 Å². The van der Waals surface area contributed by atoms with Crippen molar-refractivity contribution in [2.45, 2.75) is 13.1 Å². The highest BCUT2D eigenvalue weighted by molar-refractivity contribution is 5.96. The van der Waals surface area contributed by atoms with Gasteiger partial charge in [0.1, 0.15) is 57.5 Å². The lowest BCUT2D eigenvalue weighted by Crippen LogP contribution is -2.24. The van der Waals surface area contributed by atoms with Crippen LogP contribution in [-0.2, 0) is 22.6 Å². The standard InChI is InChI=1S/C21H15F3N2O4.C12H7F2NO3.C9H10FNO2/c1-29-21(28)12-2-3-13(18(24)8-12)10-25-19(27)17-9-15(23)11-26-20(17)30-16-6-4-14(22)5-7-16;13-7-1-3-9(4-2-7)18-11-10(12(16)17)5-8(14)6-15-11;1-13-9(12)6-2-3-7(5-11)8(10)4-6/h2-9,11H,10H2,1H3,(H,25,27);1-6H,(H,16,17);2-4H,5,11H2,1H3. The molecule has 0 fully saturated rings. The van der Waals surface area contributed by atoms with Crippen LogP contribution in [0.2, 0.25) is 0 Å². The number of hydrogen-bond acceptors (Lipinski definition) is 11. The maximum absolute atomic E-state index is 14.2. The van der Waals surface area contributed by atoms with E-state index in [1.165, 1.54) is 62.8 Å². The summed E-state index contributed by atoms with van der Waals surface area (Å²) in [6.07, 6.45) is 1.70. The Labute approximate surface area is 342 Å². The van der Waals surface area contributed by atoms with Crippen LogP contribution in [0.1, 0.15) is 52.6 Å². The van der Waals surface area contributed by atoms with Gasteiger partial charge in [0, 0.05) is 24.2 Å². The molecule has 6 aromatic rings. The average molecular weight is 851 g/mol. The zero-order valence-electron chi connectivity index (χ0n) is 31.8. The van der Waals surface area contributed by atoms with Gasteiger partial charge in [0.05, 0.1) is 37.7 Å². The highest BCUT2D eigenvalue weighted by atomic mass is 19.1. The lowest BCUT2D eigenvalue weighted by atomic mass is 10.1. The molecule has 0 aliphatic heterocycles. The van der Waals surface area contributed by atoms with Crippen LogP contribution in [0.5, 0.6) is 23.3 Å².